The quantitative estimate of drug-likeness (QED) is 0.316. The number of anilines is 1. The summed E-state index contributed by atoms with van der Waals surface area (Å²) in [6, 6.07) is 18.9. The van der Waals surface area contributed by atoms with Gasteiger partial charge in [-0.15, -0.1) is 0 Å². The topological polar surface area (TPSA) is 96.0 Å². The Morgan fingerprint density at radius 1 is 0.950 bits per heavy atom. The van der Waals surface area contributed by atoms with Gasteiger partial charge in [-0.3, -0.25) is 13.9 Å². The molecule has 8 nitrogen and oxygen atoms in total. The molecule has 3 aromatic carbocycles. The van der Waals surface area contributed by atoms with Gasteiger partial charge in [0.25, 0.3) is 10.0 Å². The number of aryl methyl sites for hydroxylation is 1. The number of hydrogen-bond acceptors (Lipinski definition) is 5. The first kappa shape index (κ1) is 31.0. The average Bonchev–Trinajstić information content (AvgIpc) is 2.92. The van der Waals surface area contributed by atoms with E-state index in [2.05, 4.69) is 5.32 Å². The van der Waals surface area contributed by atoms with Crippen molar-refractivity contribution < 1.29 is 22.7 Å². The zero-order valence-electron chi connectivity index (χ0n) is 23.4. The Bertz CT molecular complexity index is 1390. The van der Waals surface area contributed by atoms with Gasteiger partial charge in [-0.25, -0.2) is 8.42 Å². The van der Waals surface area contributed by atoms with Crippen LogP contribution in [0.1, 0.15) is 38.3 Å². The van der Waals surface area contributed by atoms with Gasteiger partial charge >= 0.3 is 0 Å². The molecule has 0 aliphatic heterocycles. The van der Waals surface area contributed by atoms with Gasteiger partial charge in [0.2, 0.25) is 11.8 Å². The summed E-state index contributed by atoms with van der Waals surface area (Å²) < 4.78 is 34.0. The van der Waals surface area contributed by atoms with Crippen LogP contribution in [0.4, 0.5) is 5.69 Å². The number of ether oxygens (including phenoxy) is 1. The van der Waals surface area contributed by atoms with E-state index in [-0.39, 0.29) is 29.1 Å². The third-order valence-corrected chi connectivity index (χ3v) is 8.37. The summed E-state index contributed by atoms with van der Waals surface area (Å²) in [7, 11) is -2.69. The molecule has 40 heavy (non-hydrogen) atoms. The fourth-order valence-corrected chi connectivity index (χ4v) is 5.74. The maximum atomic E-state index is 14.0. The van der Waals surface area contributed by atoms with Crippen molar-refractivity contribution in [3.63, 3.8) is 0 Å². The molecule has 0 unspecified atom stereocenters. The lowest BCUT2D eigenvalue weighted by atomic mass is 10.1. The highest BCUT2D eigenvalue weighted by molar-refractivity contribution is 7.92. The second-order valence-electron chi connectivity index (χ2n) is 9.76. The fraction of sp³-hybridized carbons (Fsp3) is 0.333. The highest BCUT2D eigenvalue weighted by Crippen LogP contribution is 2.27. The number of nitrogens with one attached hydrogen (secondary N) is 1. The van der Waals surface area contributed by atoms with Gasteiger partial charge in [-0.1, -0.05) is 48.4 Å². The van der Waals surface area contributed by atoms with Crippen molar-refractivity contribution >= 4 is 39.1 Å². The van der Waals surface area contributed by atoms with Gasteiger partial charge in [0.1, 0.15) is 18.3 Å². The molecule has 0 spiro atoms. The summed E-state index contributed by atoms with van der Waals surface area (Å²) in [5.41, 5.74) is 2.15. The Labute approximate surface area is 241 Å². The predicted molar refractivity (Wildman–Crippen MR) is 158 cm³/mol. The van der Waals surface area contributed by atoms with Gasteiger partial charge in [-0.2, -0.15) is 0 Å². The molecule has 0 saturated heterocycles. The standard InChI is InChI=1S/C30H36ClN3O5S/c1-6-28(30(36)32-21(2)3)33(19-23-9-7-22(4)8-10-23)29(35)20-34(25-13-11-24(31)12-14-25)40(37,38)27-17-15-26(39-5)16-18-27/h7-18,21,28H,6,19-20H2,1-5H3,(H,32,36)/t28-/m1/s1. The Hall–Kier alpha value is -3.56. The Morgan fingerprint density at radius 2 is 1.55 bits per heavy atom. The summed E-state index contributed by atoms with van der Waals surface area (Å²) in [6.07, 6.45) is 0.350. The second-order valence-corrected chi connectivity index (χ2v) is 12.1. The van der Waals surface area contributed by atoms with Crippen molar-refractivity contribution in [2.45, 2.75) is 57.6 Å². The zero-order valence-corrected chi connectivity index (χ0v) is 25.0. The first-order valence-corrected chi connectivity index (χ1v) is 14.9. The molecule has 0 heterocycles. The van der Waals surface area contributed by atoms with Gasteiger partial charge in [0.15, 0.2) is 0 Å². The summed E-state index contributed by atoms with van der Waals surface area (Å²) in [6.45, 7) is 7.10. The molecular weight excluding hydrogens is 550 g/mol. The number of halogens is 1. The molecule has 0 fully saturated rings. The molecule has 1 N–H and O–H groups in total. The van der Waals surface area contributed by atoms with E-state index in [4.69, 9.17) is 16.3 Å². The lowest BCUT2D eigenvalue weighted by Crippen LogP contribution is -2.53. The minimum absolute atomic E-state index is 0.00859. The number of carbonyl (C=O) groups excluding carboxylic acids is 2. The fourth-order valence-electron chi connectivity index (χ4n) is 4.20. The molecule has 0 saturated carbocycles. The summed E-state index contributed by atoms with van der Waals surface area (Å²) in [5.74, 6) is -0.313. The number of methoxy groups -OCH3 is 1. The van der Waals surface area contributed by atoms with E-state index >= 15 is 0 Å². The van der Waals surface area contributed by atoms with Gasteiger partial charge in [0.05, 0.1) is 17.7 Å². The van der Waals surface area contributed by atoms with Crippen LogP contribution in [-0.2, 0) is 26.2 Å². The molecule has 3 aromatic rings. The van der Waals surface area contributed by atoms with Gasteiger partial charge in [-0.05, 0) is 81.3 Å². The van der Waals surface area contributed by atoms with Crippen molar-refractivity contribution in [3.8, 4) is 5.75 Å². The molecule has 214 valence electrons. The number of sulfonamides is 1. The highest BCUT2D eigenvalue weighted by atomic mass is 35.5. The molecular formula is C30H36ClN3O5S. The van der Waals surface area contributed by atoms with Crippen molar-refractivity contribution in [2.24, 2.45) is 0 Å². The van der Waals surface area contributed by atoms with Crippen molar-refractivity contribution in [2.75, 3.05) is 18.0 Å². The van der Waals surface area contributed by atoms with E-state index in [9.17, 15) is 18.0 Å². The van der Waals surface area contributed by atoms with Crippen LogP contribution in [0.3, 0.4) is 0 Å². The number of carbonyl (C=O) groups is 2. The average molecular weight is 586 g/mol. The normalized spacial score (nSPS) is 12.1. The van der Waals surface area contributed by atoms with Gasteiger partial charge in [0, 0.05) is 17.6 Å². The second kappa shape index (κ2) is 13.7. The van der Waals surface area contributed by atoms with Gasteiger partial charge < -0.3 is 15.0 Å². The summed E-state index contributed by atoms with van der Waals surface area (Å²) in [5, 5.41) is 3.32. The molecule has 0 bridgehead atoms. The molecule has 0 aromatic heterocycles. The SMILES string of the molecule is CC[C@H](C(=O)NC(C)C)N(Cc1ccc(C)cc1)C(=O)CN(c1ccc(Cl)cc1)S(=O)(=O)c1ccc(OC)cc1. The largest absolute Gasteiger partial charge is 0.497 e. The summed E-state index contributed by atoms with van der Waals surface area (Å²) >= 11 is 6.07. The highest BCUT2D eigenvalue weighted by Gasteiger charge is 2.33. The molecule has 0 radical (unpaired) electrons. The van der Waals surface area contributed by atoms with E-state index in [0.29, 0.717) is 17.2 Å². The summed E-state index contributed by atoms with van der Waals surface area (Å²) in [4.78, 5) is 28.7. The van der Waals surface area contributed by atoms with Crippen LogP contribution in [0.25, 0.3) is 0 Å². The van der Waals surface area contributed by atoms with Crippen LogP contribution in [0.15, 0.2) is 77.7 Å². The predicted octanol–water partition coefficient (Wildman–Crippen LogP) is 5.18. The van der Waals surface area contributed by atoms with Crippen molar-refractivity contribution in [3.05, 3.63) is 88.9 Å². The lowest BCUT2D eigenvalue weighted by molar-refractivity contribution is -0.140. The van der Waals surface area contributed by atoms with E-state index in [0.717, 1.165) is 15.4 Å². The lowest BCUT2D eigenvalue weighted by Gasteiger charge is -2.33. The van der Waals surface area contributed by atoms with Crippen molar-refractivity contribution in [1.82, 2.24) is 10.2 Å². The molecule has 2 amide bonds. The van der Waals surface area contributed by atoms with Crippen LogP contribution in [0.5, 0.6) is 5.75 Å². The molecule has 0 aliphatic rings. The molecule has 0 aliphatic carbocycles. The molecule has 3 rings (SSSR count). The van der Waals surface area contributed by atoms with Crippen molar-refractivity contribution in [1.29, 1.82) is 0 Å². The first-order valence-electron chi connectivity index (χ1n) is 13.0. The van der Waals surface area contributed by atoms with E-state index in [1.165, 1.54) is 24.1 Å². The molecule has 1 atom stereocenters. The number of rotatable bonds is 12. The number of benzene rings is 3. The van der Waals surface area contributed by atoms with E-state index in [1.807, 2.05) is 52.0 Å². The number of amides is 2. The minimum Gasteiger partial charge on any atom is -0.497 e. The monoisotopic (exact) mass is 585 g/mol. The third-order valence-electron chi connectivity index (χ3n) is 6.33. The first-order chi connectivity index (χ1) is 19.0. The third kappa shape index (κ3) is 7.76. The van der Waals surface area contributed by atoms with Crippen LogP contribution < -0.4 is 14.4 Å². The van der Waals surface area contributed by atoms with Crippen LogP contribution in [0.2, 0.25) is 5.02 Å². The number of hydrogen-bond donors (Lipinski definition) is 1. The maximum absolute atomic E-state index is 14.0. The number of nitrogens with zero attached hydrogens (tertiary/aromatic N) is 2. The Kier molecular flexibility index (Phi) is 10.6. The minimum atomic E-state index is -4.18. The van der Waals surface area contributed by atoms with Crippen LogP contribution in [0, 0.1) is 6.92 Å². The zero-order chi connectivity index (χ0) is 29.4. The Morgan fingerprint density at radius 3 is 2.08 bits per heavy atom. The van der Waals surface area contributed by atoms with Crippen LogP contribution >= 0.6 is 11.6 Å². The molecule has 10 heteroatoms. The van der Waals surface area contributed by atoms with E-state index in [1.54, 1.807) is 36.4 Å². The Balaban J connectivity index is 2.05. The maximum Gasteiger partial charge on any atom is 0.264 e. The van der Waals surface area contributed by atoms with E-state index < -0.39 is 28.5 Å². The van der Waals surface area contributed by atoms with Crippen LogP contribution in [-0.4, -0.2) is 50.9 Å². The smallest absolute Gasteiger partial charge is 0.264 e.